The second-order valence-corrected chi connectivity index (χ2v) is 7.80. The van der Waals surface area contributed by atoms with Crippen molar-refractivity contribution in [1.82, 2.24) is 4.90 Å². The van der Waals surface area contributed by atoms with Gasteiger partial charge >= 0.3 is 0 Å². The second-order valence-electron chi connectivity index (χ2n) is 7.80. The van der Waals surface area contributed by atoms with Gasteiger partial charge in [0.25, 0.3) is 11.8 Å². The molecule has 2 amide bonds. The summed E-state index contributed by atoms with van der Waals surface area (Å²) in [5.41, 5.74) is 2.87. The Morgan fingerprint density at radius 3 is 2.61 bits per heavy atom. The van der Waals surface area contributed by atoms with Gasteiger partial charge in [0.15, 0.2) is 0 Å². The number of benzene rings is 3. The largest absolute Gasteiger partial charge is 0.334 e. The topological polar surface area (TPSA) is 49.4 Å². The molecule has 3 aromatic carbocycles. The minimum Gasteiger partial charge on any atom is -0.334 e. The lowest BCUT2D eigenvalue weighted by Crippen LogP contribution is -2.33. The van der Waals surface area contributed by atoms with Gasteiger partial charge in [-0.3, -0.25) is 9.59 Å². The van der Waals surface area contributed by atoms with Gasteiger partial charge in [0.05, 0.1) is 11.3 Å². The predicted octanol–water partition coefficient (Wildman–Crippen LogP) is 4.85. The lowest BCUT2D eigenvalue weighted by molar-refractivity contribution is 0.0720. The molecule has 0 radical (unpaired) electrons. The van der Waals surface area contributed by atoms with Crippen LogP contribution in [0.25, 0.3) is 10.8 Å². The van der Waals surface area contributed by atoms with Crippen LogP contribution in [0.2, 0.25) is 0 Å². The number of hydrogen-bond donors (Lipinski definition) is 1. The third kappa shape index (κ3) is 2.85. The van der Waals surface area contributed by atoms with Gasteiger partial charge < -0.3 is 10.2 Å². The summed E-state index contributed by atoms with van der Waals surface area (Å²) in [6.07, 6.45) is 3.70. The van der Waals surface area contributed by atoms with E-state index in [-0.39, 0.29) is 11.8 Å². The van der Waals surface area contributed by atoms with E-state index in [0.29, 0.717) is 29.3 Å². The fourth-order valence-corrected chi connectivity index (χ4v) is 4.27. The number of amides is 2. The number of anilines is 1. The van der Waals surface area contributed by atoms with Crippen molar-refractivity contribution >= 4 is 28.3 Å². The number of fused-ring (bicyclic) bond motifs is 2. The molecule has 140 valence electrons. The van der Waals surface area contributed by atoms with Gasteiger partial charge in [-0.15, -0.1) is 0 Å². The highest BCUT2D eigenvalue weighted by Gasteiger charge is 2.33. The average molecular weight is 370 g/mol. The summed E-state index contributed by atoms with van der Waals surface area (Å²) in [4.78, 5) is 27.9. The quantitative estimate of drug-likeness (QED) is 0.714. The first-order valence-corrected chi connectivity index (χ1v) is 9.91. The molecule has 0 unspecified atom stereocenters. The molecular weight excluding hydrogens is 348 g/mol. The van der Waals surface area contributed by atoms with E-state index in [0.717, 1.165) is 22.9 Å². The average Bonchev–Trinajstić information content (AvgIpc) is 3.01. The molecular formula is C24H22N2O2. The van der Waals surface area contributed by atoms with Gasteiger partial charge in [-0.05, 0) is 47.2 Å². The second kappa shape index (κ2) is 6.79. The zero-order chi connectivity index (χ0) is 19.1. The van der Waals surface area contributed by atoms with Gasteiger partial charge in [0.2, 0.25) is 0 Å². The minimum absolute atomic E-state index is 0.0377. The molecule has 28 heavy (non-hydrogen) atoms. The van der Waals surface area contributed by atoms with E-state index in [4.69, 9.17) is 0 Å². The molecule has 0 spiro atoms. The molecule has 4 nitrogen and oxygen atoms in total. The van der Waals surface area contributed by atoms with E-state index in [1.165, 1.54) is 19.3 Å². The van der Waals surface area contributed by atoms with Crippen LogP contribution in [0.5, 0.6) is 0 Å². The standard InChI is InChI=1S/C24H22N2O2/c27-23(20-12-4-9-17-8-1-2-11-19(17)20)25-21-13-5-10-18-15-26(24(28)22(18)21)14-16-6-3-7-16/h1-2,4-5,8-13,16H,3,6-7,14-15H2,(H,25,27). The first kappa shape index (κ1) is 17.0. The summed E-state index contributed by atoms with van der Waals surface area (Å²) in [6.45, 7) is 1.47. The highest BCUT2D eigenvalue weighted by Crippen LogP contribution is 2.34. The Bertz CT molecular complexity index is 1080. The van der Waals surface area contributed by atoms with Crippen molar-refractivity contribution in [3.63, 3.8) is 0 Å². The van der Waals surface area contributed by atoms with Crippen LogP contribution >= 0.6 is 0 Å². The minimum atomic E-state index is -0.185. The van der Waals surface area contributed by atoms with Gasteiger partial charge in [-0.2, -0.15) is 0 Å². The Kier molecular flexibility index (Phi) is 4.12. The van der Waals surface area contributed by atoms with Crippen LogP contribution in [0.15, 0.2) is 60.7 Å². The highest BCUT2D eigenvalue weighted by atomic mass is 16.2. The molecule has 1 heterocycles. The van der Waals surface area contributed by atoms with E-state index < -0.39 is 0 Å². The zero-order valence-corrected chi connectivity index (χ0v) is 15.7. The van der Waals surface area contributed by atoms with Crippen molar-refractivity contribution in [1.29, 1.82) is 0 Å². The van der Waals surface area contributed by atoms with Gasteiger partial charge in [0, 0.05) is 18.7 Å². The van der Waals surface area contributed by atoms with Crippen molar-refractivity contribution in [2.75, 3.05) is 11.9 Å². The molecule has 3 aromatic rings. The Morgan fingerprint density at radius 1 is 1.00 bits per heavy atom. The molecule has 4 heteroatoms. The molecule has 1 aliphatic carbocycles. The molecule has 1 fully saturated rings. The summed E-state index contributed by atoms with van der Waals surface area (Å²) < 4.78 is 0. The first-order valence-electron chi connectivity index (χ1n) is 9.91. The molecule has 0 atom stereocenters. The van der Waals surface area contributed by atoms with E-state index in [1.54, 1.807) is 0 Å². The molecule has 1 saturated carbocycles. The summed E-state index contributed by atoms with van der Waals surface area (Å²) in [6, 6.07) is 19.3. The number of rotatable bonds is 4. The SMILES string of the molecule is O=C(Nc1cccc2c1C(=O)N(CC1CCC1)C2)c1cccc2ccccc12. The summed E-state index contributed by atoms with van der Waals surface area (Å²) in [5.74, 6) is 0.484. The van der Waals surface area contributed by atoms with E-state index >= 15 is 0 Å². The number of hydrogen-bond acceptors (Lipinski definition) is 2. The monoisotopic (exact) mass is 370 g/mol. The van der Waals surface area contributed by atoms with Crippen LogP contribution in [0.1, 0.15) is 45.5 Å². The van der Waals surface area contributed by atoms with E-state index in [1.807, 2.05) is 65.6 Å². The van der Waals surface area contributed by atoms with Crippen molar-refractivity contribution in [3.05, 3.63) is 77.4 Å². The van der Waals surface area contributed by atoms with Crippen molar-refractivity contribution in [2.24, 2.45) is 5.92 Å². The lowest BCUT2D eigenvalue weighted by atomic mass is 9.85. The maximum absolute atomic E-state index is 13.0. The Morgan fingerprint density at radius 2 is 1.79 bits per heavy atom. The molecule has 0 saturated heterocycles. The van der Waals surface area contributed by atoms with E-state index in [9.17, 15) is 9.59 Å². The van der Waals surface area contributed by atoms with Crippen molar-refractivity contribution in [2.45, 2.75) is 25.8 Å². The molecule has 0 aromatic heterocycles. The van der Waals surface area contributed by atoms with Crippen molar-refractivity contribution in [3.8, 4) is 0 Å². The van der Waals surface area contributed by atoms with Crippen LogP contribution in [-0.4, -0.2) is 23.3 Å². The van der Waals surface area contributed by atoms with Gasteiger partial charge in [0.1, 0.15) is 0 Å². The maximum atomic E-state index is 13.0. The van der Waals surface area contributed by atoms with Crippen LogP contribution in [-0.2, 0) is 6.54 Å². The summed E-state index contributed by atoms with van der Waals surface area (Å²) >= 11 is 0. The van der Waals surface area contributed by atoms with E-state index in [2.05, 4.69) is 5.32 Å². The normalized spacial score (nSPS) is 16.1. The molecule has 0 bridgehead atoms. The zero-order valence-electron chi connectivity index (χ0n) is 15.7. The summed E-state index contributed by atoms with van der Waals surface area (Å²) in [7, 11) is 0. The molecule has 1 aliphatic heterocycles. The number of nitrogens with zero attached hydrogens (tertiary/aromatic N) is 1. The summed E-state index contributed by atoms with van der Waals surface area (Å²) in [5, 5.41) is 4.93. The maximum Gasteiger partial charge on any atom is 0.256 e. The Labute approximate surface area is 164 Å². The highest BCUT2D eigenvalue weighted by molar-refractivity contribution is 6.15. The van der Waals surface area contributed by atoms with Crippen LogP contribution in [0.4, 0.5) is 5.69 Å². The third-order valence-electron chi connectivity index (χ3n) is 6.00. The fourth-order valence-electron chi connectivity index (χ4n) is 4.27. The molecule has 1 N–H and O–H groups in total. The third-order valence-corrected chi connectivity index (χ3v) is 6.00. The van der Waals surface area contributed by atoms with Gasteiger partial charge in [-0.25, -0.2) is 0 Å². The molecule has 2 aliphatic rings. The number of nitrogens with one attached hydrogen (secondary N) is 1. The number of carbonyl (C=O) groups excluding carboxylic acids is 2. The molecule has 5 rings (SSSR count). The van der Waals surface area contributed by atoms with Crippen molar-refractivity contribution < 1.29 is 9.59 Å². The smallest absolute Gasteiger partial charge is 0.256 e. The van der Waals surface area contributed by atoms with Gasteiger partial charge in [-0.1, -0.05) is 55.0 Å². The fraction of sp³-hybridized carbons (Fsp3) is 0.250. The van der Waals surface area contributed by atoms with Crippen LogP contribution in [0, 0.1) is 5.92 Å². The predicted molar refractivity (Wildman–Crippen MR) is 110 cm³/mol. The Hall–Kier alpha value is -3.14. The Balaban J connectivity index is 1.43. The number of carbonyl (C=O) groups is 2. The van der Waals surface area contributed by atoms with Crippen LogP contribution in [0.3, 0.4) is 0 Å². The first-order chi connectivity index (χ1) is 13.7. The lowest BCUT2D eigenvalue weighted by Gasteiger charge is -2.29. The van der Waals surface area contributed by atoms with Crippen LogP contribution < -0.4 is 5.32 Å².